The minimum Gasteiger partial charge on any atom is -0.385 e. The topological polar surface area (TPSA) is 64.4 Å². The average molecular weight is 202 g/mol. The van der Waals surface area contributed by atoms with Gasteiger partial charge < -0.3 is 15.8 Å². The van der Waals surface area contributed by atoms with Gasteiger partial charge in [-0.1, -0.05) is 13.3 Å². The monoisotopic (exact) mass is 202 g/mol. The van der Waals surface area contributed by atoms with Crippen molar-refractivity contribution in [3.63, 3.8) is 0 Å². The summed E-state index contributed by atoms with van der Waals surface area (Å²) >= 11 is 0. The molecule has 0 radical (unpaired) electrons. The molecule has 0 bridgehead atoms. The standard InChI is InChI=1S/C10H22N2O2/c1-3-6-9(11)10(13)12-7-4-5-8-14-2/h9H,3-8,11H2,1-2H3,(H,12,13)/t9-/m0/s1. The molecule has 84 valence electrons. The summed E-state index contributed by atoms with van der Waals surface area (Å²) in [5.41, 5.74) is 5.63. The second-order valence-electron chi connectivity index (χ2n) is 3.39. The third-order valence-electron chi connectivity index (χ3n) is 2.01. The van der Waals surface area contributed by atoms with Crippen molar-refractivity contribution in [2.24, 2.45) is 5.73 Å². The quantitative estimate of drug-likeness (QED) is 0.568. The maximum Gasteiger partial charge on any atom is 0.236 e. The van der Waals surface area contributed by atoms with E-state index >= 15 is 0 Å². The third kappa shape index (κ3) is 6.86. The van der Waals surface area contributed by atoms with E-state index in [4.69, 9.17) is 10.5 Å². The van der Waals surface area contributed by atoms with Gasteiger partial charge in [0.1, 0.15) is 0 Å². The Bertz CT molecular complexity index is 151. The van der Waals surface area contributed by atoms with Crippen molar-refractivity contribution in [1.29, 1.82) is 0 Å². The Morgan fingerprint density at radius 1 is 1.50 bits per heavy atom. The van der Waals surface area contributed by atoms with Gasteiger partial charge in [-0.25, -0.2) is 0 Å². The van der Waals surface area contributed by atoms with Crippen molar-refractivity contribution in [2.45, 2.75) is 38.6 Å². The summed E-state index contributed by atoms with van der Waals surface area (Å²) in [5, 5.41) is 2.81. The summed E-state index contributed by atoms with van der Waals surface area (Å²) < 4.78 is 4.90. The number of rotatable bonds is 8. The molecule has 0 saturated carbocycles. The lowest BCUT2D eigenvalue weighted by Gasteiger charge is -2.10. The molecule has 3 N–H and O–H groups in total. The Balaban J connectivity index is 3.34. The van der Waals surface area contributed by atoms with Crippen LogP contribution >= 0.6 is 0 Å². The van der Waals surface area contributed by atoms with Crippen LogP contribution in [0.2, 0.25) is 0 Å². The van der Waals surface area contributed by atoms with Crippen LogP contribution in [0.25, 0.3) is 0 Å². The molecule has 0 heterocycles. The molecule has 1 atom stereocenters. The molecule has 0 spiro atoms. The minimum atomic E-state index is -0.345. The smallest absolute Gasteiger partial charge is 0.236 e. The molecule has 0 unspecified atom stereocenters. The van der Waals surface area contributed by atoms with Gasteiger partial charge in [-0.3, -0.25) is 4.79 Å². The van der Waals surface area contributed by atoms with E-state index in [1.165, 1.54) is 0 Å². The number of hydrogen-bond donors (Lipinski definition) is 2. The first-order valence-corrected chi connectivity index (χ1v) is 5.24. The minimum absolute atomic E-state index is 0.0377. The zero-order chi connectivity index (χ0) is 10.8. The largest absolute Gasteiger partial charge is 0.385 e. The zero-order valence-electron chi connectivity index (χ0n) is 9.21. The molecule has 0 aliphatic heterocycles. The highest BCUT2D eigenvalue weighted by atomic mass is 16.5. The number of methoxy groups -OCH3 is 1. The molecular weight excluding hydrogens is 180 g/mol. The molecule has 0 saturated heterocycles. The molecule has 4 heteroatoms. The Morgan fingerprint density at radius 2 is 2.21 bits per heavy atom. The molecule has 0 aromatic rings. The molecule has 0 aliphatic rings. The van der Waals surface area contributed by atoms with Crippen molar-refractivity contribution in [3.8, 4) is 0 Å². The summed E-state index contributed by atoms with van der Waals surface area (Å²) in [6, 6.07) is -0.345. The zero-order valence-corrected chi connectivity index (χ0v) is 9.21. The highest BCUT2D eigenvalue weighted by molar-refractivity contribution is 5.81. The van der Waals surface area contributed by atoms with Gasteiger partial charge in [0.2, 0.25) is 5.91 Å². The predicted molar refractivity (Wildman–Crippen MR) is 57.0 cm³/mol. The van der Waals surface area contributed by atoms with Crippen LogP contribution < -0.4 is 11.1 Å². The Morgan fingerprint density at radius 3 is 2.79 bits per heavy atom. The van der Waals surface area contributed by atoms with E-state index in [0.29, 0.717) is 6.54 Å². The first-order valence-electron chi connectivity index (χ1n) is 5.24. The van der Waals surface area contributed by atoms with Crippen molar-refractivity contribution in [3.05, 3.63) is 0 Å². The number of unbranched alkanes of at least 4 members (excludes halogenated alkanes) is 1. The van der Waals surface area contributed by atoms with Gasteiger partial charge >= 0.3 is 0 Å². The number of ether oxygens (including phenoxy) is 1. The fourth-order valence-electron chi connectivity index (χ4n) is 1.16. The molecule has 1 amide bonds. The molecular formula is C10H22N2O2. The summed E-state index contributed by atoms with van der Waals surface area (Å²) in [7, 11) is 1.68. The first-order chi connectivity index (χ1) is 6.72. The average Bonchev–Trinajstić information content (AvgIpc) is 2.17. The summed E-state index contributed by atoms with van der Waals surface area (Å²) in [4.78, 5) is 11.3. The van der Waals surface area contributed by atoms with Crippen LogP contribution in [0.3, 0.4) is 0 Å². The van der Waals surface area contributed by atoms with Crippen LogP contribution in [0.15, 0.2) is 0 Å². The fraction of sp³-hybridized carbons (Fsp3) is 0.900. The number of hydrogen-bond acceptors (Lipinski definition) is 3. The highest BCUT2D eigenvalue weighted by Gasteiger charge is 2.10. The number of carbonyl (C=O) groups excluding carboxylic acids is 1. The van der Waals surface area contributed by atoms with Crippen LogP contribution in [-0.2, 0) is 9.53 Å². The number of amides is 1. The van der Waals surface area contributed by atoms with Crippen molar-refractivity contribution < 1.29 is 9.53 Å². The van der Waals surface area contributed by atoms with Crippen molar-refractivity contribution in [2.75, 3.05) is 20.3 Å². The summed E-state index contributed by atoms with van der Waals surface area (Å²) in [5.74, 6) is -0.0377. The molecule has 0 aliphatic carbocycles. The lowest BCUT2D eigenvalue weighted by Crippen LogP contribution is -2.40. The third-order valence-corrected chi connectivity index (χ3v) is 2.01. The maximum atomic E-state index is 11.3. The first kappa shape index (κ1) is 13.4. The number of nitrogens with one attached hydrogen (secondary N) is 1. The van der Waals surface area contributed by atoms with Crippen LogP contribution in [0.4, 0.5) is 0 Å². The van der Waals surface area contributed by atoms with E-state index in [1.54, 1.807) is 7.11 Å². The maximum absolute atomic E-state index is 11.3. The van der Waals surface area contributed by atoms with Gasteiger partial charge in [0, 0.05) is 20.3 Å². The van der Waals surface area contributed by atoms with Gasteiger partial charge in [-0.2, -0.15) is 0 Å². The van der Waals surface area contributed by atoms with E-state index in [2.05, 4.69) is 5.32 Å². The van der Waals surface area contributed by atoms with Crippen LogP contribution in [-0.4, -0.2) is 32.2 Å². The van der Waals surface area contributed by atoms with Gasteiger partial charge in [-0.15, -0.1) is 0 Å². The lowest BCUT2D eigenvalue weighted by atomic mass is 10.1. The van der Waals surface area contributed by atoms with Gasteiger partial charge in [0.25, 0.3) is 0 Å². The lowest BCUT2D eigenvalue weighted by molar-refractivity contribution is -0.122. The SMILES string of the molecule is CCC[C@H](N)C(=O)NCCCCOC. The van der Waals surface area contributed by atoms with E-state index in [0.717, 1.165) is 32.3 Å². The van der Waals surface area contributed by atoms with Gasteiger partial charge in [-0.05, 0) is 19.3 Å². The molecule has 0 aromatic heterocycles. The van der Waals surface area contributed by atoms with Gasteiger partial charge in [0.05, 0.1) is 6.04 Å². The van der Waals surface area contributed by atoms with Gasteiger partial charge in [0.15, 0.2) is 0 Å². The molecule has 0 rings (SSSR count). The van der Waals surface area contributed by atoms with Crippen LogP contribution in [0.5, 0.6) is 0 Å². The predicted octanol–water partition coefficient (Wildman–Crippen LogP) is 0.657. The summed E-state index contributed by atoms with van der Waals surface area (Å²) in [6.07, 6.45) is 3.61. The normalized spacial score (nSPS) is 12.5. The van der Waals surface area contributed by atoms with Crippen molar-refractivity contribution in [1.82, 2.24) is 5.32 Å². The summed E-state index contributed by atoms with van der Waals surface area (Å²) in [6.45, 7) is 3.46. The Labute approximate surface area is 86.2 Å². The fourth-order valence-corrected chi connectivity index (χ4v) is 1.16. The highest BCUT2D eigenvalue weighted by Crippen LogP contribution is 1.93. The Kier molecular flexibility index (Phi) is 8.57. The molecule has 0 aromatic carbocycles. The van der Waals surface area contributed by atoms with E-state index in [-0.39, 0.29) is 11.9 Å². The van der Waals surface area contributed by atoms with E-state index in [1.807, 2.05) is 6.92 Å². The number of nitrogens with two attached hydrogens (primary N) is 1. The van der Waals surface area contributed by atoms with Crippen molar-refractivity contribution >= 4 is 5.91 Å². The molecule has 0 fully saturated rings. The van der Waals surface area contributed by atoms with E-state index in [9.17, 15) is 4.79 Å². The van der Waals surface area contributed by atoms with Crippen LogP contribution in [0, 0.1) is 0 Å². The van der Waals surface area contributed by atoms with Crippen LogP contribution in [0.1, 0.15) is 32.6 Å². The second-order valence-corrected chi connectivity index (χ2v) is 3.39. The number of carbonyl (C=O) groups is 1. The molecule has 4 nitrogen and oxygen atoms in total. The molecule has 14 heavy (non-hydrogen) atoms. The second kappa shape index (κ2) is 8.97. The van der Waals surface area contributed by atoms with E-state index < -0.39 is 0 Å². The Hall–Kier alpha value is -0.610.